The van der Waals surface area contributed by atoms with Crippen LogP contribution < -0.4 is 0 Å². The number of fused-ring (bicyclic) bond motifs is 1. The van der Waals surface area contributed by atoms with E-state index in [0.29, 0.717) is 0 Å². The molecule has 86 valence electrons. The molecule has 2 aliphatic rings. The number of quaternary nitrogens is 1. The monoisotopic (exact) mass is 209 g/mol. The summed E-state index contributed by atoms with van der Waals surface area (Å²) in [5.41, 5.74) is 0. The molecule has 2 rings (SSSR count). The van der Waals surface area contributed by atoms with Crippen LogP contribution in [0.5, 0.6) is 0 Å². The van der Waals surface area contributed by atoms with Crippen LogP contribution in [0, 0.1) is 0 Å². The molecule has 1 fully saturated rings. The first-order chi connectivity index (χ1) is 7.37. The van der Waals surface area contributed by atoms with E-state index in [1.807, 2.05) is 0 Å². The second kappa shape index (κ2) is 5.11. The van der Waals surface area contributed by atoms with Crippen molar-refractivity contribution in [3.05, 3.63) is 0 Å². The summed E-state index contributed by atoms with van der Waals surface area (Å²) in [4.78, 5) is 4.83. The molecular weight excluding hydrogens is 184 g/mol. The summed E-state index contributed by atoms with van der Waals surface area (Å²) in [5, 5.41) is 0. The molecule has 0 aromatic rings. The third-order valence-corrected chi connectivity index (χ3v) is 4.01. The van der Waals surface area contributed by atoms with Crippen molar-refractivity contribution in [2.45, 2.75) is 51.9 Å². The maximum absolute atomic E-state index is 4.83. The van der Waals surface area contributed by atoms with Gasteiger partial charge in [-0.2, -0.15) is 0 Å². The molecule has 0 saturated carbocycles. The van der Waals surface area contributed by atoms with Crippen molar-refractivity contribution < 1.29 is 4.48 Å². The summed E-state index contributed by atoms with van der Waals surface area (Å²) in [7, 11) is 0. The SMILES string of the molecule is CCCC[N+]12CCCCCC1=NCCC2. The fraction of sp³-hybridized carbons (Fsp3) is 0.923. The Labute approximate surface area is 94.0 Å². The Hall–Kier alpha value is -0.370. The zero-order valence-corrected chi connectivity index (χ0v) is 10.2. The maximum Gasteiger partial charge on any atom is 0.198 e. The quantitative estimate of drug-likeness (QED) is 0.634. The topological polar surface area (TPSA) is 12.4 Å². The van der Waals surface area contributed by atoms with E-state index in [1.165, 1.54) is 69.1 Å². The highest BCUT2D eigenvalue weighted by Gasteiger charge is 2.36. The molecule has 0 aromatic heterocycles. The molecule has 2 heteroatoms. The van der Waals surface area contributed by atoms with Gasteiger partial charge in [-0.3, -0.25) is 4.48 Å². The highest BCUT2D eigenvalue weighted by molar-refractivity contribution is 5.76. The fourth-order valence-corrected chi connectivity index (χ4v) is 3.11. The number of nitrogens with zero attached hydrogens (tertiary/aromatic N) is 2. The molecule has 0 spiro atoms. The van der Waals surface area contributed by atoms with E-state index >= 15 is 0 Å². The summed E-state index contributed by atoms with van der Waals surface area (Å²) in [5.74, 6) is 1.55. The first kappa shape index (κ1) is 11.1. The Bertz CT molecular complexity index is 235. The molecule has 1 saturated heterocycles. The second-order valence-electron chi connectivity index (χ2n) is 5.13. The Morgan fingerprint density at radius 1 is 1.13 bits per heavy atom. The Balaban J connectivity index is 2.13. The molecule has 2 heterocycles. The van der Waals surface area contributed by atoms with Gasteiger partial charge in [0.2, 0.25) is 0 Å². The van der Waals surface area contributed by atoms with Crippen molar-refractivity contribution in [3.8, 4) is 0 Å². The van der Waals surface area contributed by atoms with Gasteiger partial charge in [0, 0.05) is 19.4 Å². The van der Waals surface area contributed by atoms with E-state index in [0.717, 1.165) is 6.54 Å². The number of hydrogen-bond donors (Lipinski definition) is 0. The van der Waals surface area contributed by atoms with Crippen LogP contribution in [-0.2, 0) is 0 Å². The smallest absolute Gasteiger partial charge is 0.198 e. The molecule has 0 bridgehead atoms. The van der Waals surface area contributed by atoms with Crippen molar-refractivity contribution in [2.24, 2.45) is 4.99 Å². The zero-order valence-electron chi connectivity index (χ0n) is 10.2. The van der Waals surface area contributed by atoms with Crippen LogP contribution in [0.1, 0.15) is 51.9 Å². The first-order valence-electron chi connectivity index (χ1n) is 6.77. The average Bonchev–Trinajstić information content (AvgIpc) is 2.49. The summed E-state index contributed by atoms with van der Waals surface area (Å²) in [6.07, 6.45) is 9.52. The Morgan fingerprint density at radius 3 is 2.87 bits per heavy atom. The van der Waals surface area contributed by atoms with Crippen LogP contribution in [-0.4, -0.2) is 36.5 Å². The number of unbranched alkanes of at least 4 members (excludes halogenated alkanes) is 1. The Kier molecular flexibility index (Phi) is 3.79. The third kappa shape index (κ3) is 2.41. The molecule has 15 heavy (non-hydrogen) atoms. The largest absolute Gasteiger partial charge is 0.279 e. The fourth-order valence-electron chi connectivity index (χ4n) is 3.11. The molecule has 0 radical (unpaired) electrons. The van der Waals surface area contributed by atoms with E-state index in [4.69, 9.17) is 4.99 Å². The first-order valence-corrected chi connectivity index (χ1v) is 6.77. The van der Waals surface area contributed by atoms with Crippen LogP contribution in [0.4, 0.5) is 0 Å². The van der Waals surface area contributed by atoms with Crippen molar-refractivity contribution in [1.82, 2.24) is 0 Å². The maximum atomic E-state index is 4.83. The summed E-state index contributed by atoms with van der Waals surface area (Å²) in [6.45, 7) is 7.51. The lowest BCUT2D eigenvalue weighted by atomic mass is 10.1. The van der Waals surface area contributed by atoms with Gasteiger partial charge >= 0.3 is 0 Å². The van der Waals surface area contributed by atoms with E-state index in [9.17, 15) is 0 Å². The molecule has 1 atom stereocenters. The molecule has 0 amide bonds. The minimum Gasteiger partial charge on any atom is -0.279 e. The number of aliphatic imine (C=N–C) groups is 1. The molecule has 1 unspecified atom stereocenters. The van der Waals surface area contributed by atoms with Gasteiger partial charge in [0.15, 0.2) is 5.84 Å². The normalized spacial score (nSPS) is 31.7. The second-order valence-corrected chi connectivity index (χ2v) is 5.13. The van der Waals surface area contributed by atoms with Gasteiger partial charge in [0.25, 0.3) is 0 Å². The van der Waals surface area contributed by atoms with Gasteiger partial charge < -0.3 is 0 Å². The van der Waals surface area contributed by atoms with E-state index in [-0.39, 0.29) is 0 Å². The van der Waals surface area contributed by atoms with Crippen LogP contribution in [0.2, 0.25) is 0 Å². The van der Waals surface area contributed by atoms with Crippen molar-refractivity contribution in [3.63, 3.8) is 0 Å². The van der Waals surface area contributed by atoms with Crippen LogP contribution in [0.15, 0.2) is 4.99 Å². The van der Waals surface area contributed by atoms with E-state index in [1.54, 1.807) is 5.84 Å². The van der Waals surface area contributed by atoms with Crippen molar-refractivity contribution in [1.29, 1.82) is 0 Å². The summed E-state index contributed by atoms with van der Waals surface area (Å²) < 4.78 is 1.27. The van der Waals surface area contributed by atoms with Gasteiger partial charge in [0.1, 0.15) is 0 Å². The highest BCUT2D eigenvalue weighted by atomic mass is 15.4. The zero-order chi connectivity index (χ0) is 10.6. The van der Waals surface area contributed by atoms with E-state index in [2.05, 4.69) is 6.92 Å². The number of hydrogen-bond acceptors (Lipinski definition) is 1. The van der Waals surface area contributed by atoms with Gasteiger partial charge in [-0.15, -0.1) is 0 Å². The molecule has 0 aliphatic carbocycles. The summed E-state index contributed by atoms with van der Waals surface area (Å²) >= 11 is 0. The summed E-state index contributed by atoms with van der Waals surface area (Å²) in [6, 6.07) is 0. The van der Waals surface area contributed by atoms with Gasteiger partial charge in [0.05, 0.1) is 19.6 Å². The molecule has 2 aliphatic heterocycles. The molecular formula is C13H25N2+. The molecule has 0 aromatic carbocycles. The molecule has 0 N–H and O–H groups in total. The van der Waals surface area contributed by atoms with Crippen molar-refractivity contribution >= 4 is 5.84 Å². The van der Waals surface area contributed by atoms with Gasteiger partial charge in [-0.05, 0) is 25.7 Å². The van der Waals surface area contributed by atoms with Crippen LogP contribution in [0.25, 0.3) is 0 Å². The third-order valence-electron chi connectivity index (χ3n) is 4.01. The number of amidine groups is 1. The lowest BCUT2D eigenvalue weighted by Crippen LogP contribution is -2.55. The lowest BCUT2D eigenvalue weighted by Gasteiger charge is -2.40. The van der Waals surface area contributed by atoms with Crippen molar-refractivity contribution in [2.75, 3.05) is 26.2 Å². The van der Waals surface area contributed by atoms with Crippen LogP contribution >= 0.6 is 0 Å². The van der Waals surface area contributed by atoms with Gasteiger partial charge in [-0.25, -0.2) is 4.99 Å². The van der Waals surface area contributed by atoms with Gasteiger partial charge in [-0.1, -0.05) is 13.3 Å². The minimum atomic E-state index is 1.10. The van der Waals surface area contributed by atoms with Crippen LogP contribution in [0.3, 0.4) is 0 Å². The standard InChI is InChI=1S/C13H25N2/c1-2-3-10-15-11-6-4-5-8-13(15)14-9-7-12-15/h2-12H2,1H3/q+1. The number of rotatable bonds is 3. The molecule has 2 nitrogen and oxygen atoms in total. The van der Waals surface area contributed by atoms with E-state index < -0.39 is 0 Å². The minimum absolute atomic E-state index is 1.10. The highest BCUT2D eigenvalue weighted by Crippen LogP contribution is 2.25. The average molecular weight is 209 g/mol. The lowest BCUT2D eigenvalue weighted by molar-refractivity contribution is -0.845. The predicted octanol–water partition coefficient (Wildman–Crippen LogP) is 2.98. The predicted molar refractivity (Wildman–Crippen MR) is 65.2 cm³/mol. The Morgan fingerprint density at radius 2 is 2.00 bits per heavy atom.